The van der Waals surface area contributed by atoms with Crippen molar-refractivity contribution in [2.45, 2.75) is 19.4 Å². The number of aromatic nitrogens is 2. The fraction of sp³-hybridized carbons (Fsp3) is 0.615. The molecule has 1 fully saturated rings. The highest BCUT2D eigenvalue weighted by Gasteiger charge is 2.24. The van der Waals surface area contributed by atoms with Crippen LogP contribution < -0.4 is 10.6 Å². The zero-order valence-electron chi connectivity index (χ0n) is 11.9. The molecule has 6 nitrogen and oxygen atoms in total. The second kappa shape index (κ2) is 5.99. The van der Waals surface area contributed by atoms with Crippen LogP contribution in [0, 0.1) is 0 Å². The van der Waals surface area contributed by atoms with Crippen molar-refractivity contribution < 1.29 is 5.11 Å². The molecule has 1 aliphatic rings. The van der Waals surface area contributed by atoms with Crippen molar-refractivity contribution >= 4 is 23.0 Å². The first-order valence-corrected chi connectivity index (χ1v) is 7.08. The van der Waals surface area contributed by atoms with Crippen molar-refractivity contribution in [1.29, 1.82) is 0 Å². The molecule has 0 spiro atoms. The molecule has 0 amide bonds. The molecule has 0 unspecified atom stereocenters. The largest absolute Gasteiger partial charge is 0.389 e. The van der Waals surface area contributed by atoms with Crippen LogP contribution in [0.15, 0.2) is 12.4 Å². The lowest BCUT2D eigenvalue weighted by molar-refractivity contribution is 0.0344. The molecule has 1 aromatic heterocycles. The first-order valence-electron chi connectivity index (χ1n) is 6.67. The average molecular weight is 295 g/mol. The zero-order valence-corrected chi connectivity index (χ0v) is 12.7. The average Bonchev–Trinajstić information content (AvgIpc) is 2.38. The minimum absolute atomic E-state index is 0.270. The third-order valence-corrected chi connectivity index (χ3v) is 3.39. The molecule has 0 saturated carbocycles. The van der Waals surface area contributed by atoms with Gasteiger partial charge >= 0.3 is 0 Å². The van der Waals surface area contributed by atoms with Crippen molar-refractivity contribution in [3.05, 3.63) is 18.1 Å². The number of nitrogens with zero attached hydrogens (tertiary/aromatic N) is 4. The van der Waals surface area contributed by atoms with E-state index in [1.807, 2.05) is 13.8 Å². The predicted octanol–water partition coefficient (Wildman–Crippen LogP) is 0.00370. The molecule has 7 heteroatoms. The van der Waals surface area contributed by atoms with Crippen LogP contribution in [0.25, 0.3) is 0 Å². The number of aliphatic hydroxyl groups is 1. The fourth-order valence-corrected chi connectivity index (χ4v) is 2.54. The molecule has 0 bridgehead atoms. The minimum atomic E-state index is -0.668. The van der Waals surface area contributed by atoms with Gasteiger partial charge in [-0.15, -0.1) is 0 Å². The second-order valence-corrected chi connectivity index (χ2v) is 6.11. The summed E-state index contributed by atoms with van der Waals surface area (Å²) in [5.74, 6) is 0.753. The Hall–Kier alpha value is -1.31. The van der Waals surface area contributed by atoms with E-state index in [2.05, 4.69) is 19.8 Å². The Morgan fingerprint density at radius 2 is 1.90 bits per heavy atom. The van der Waals surface area contributed by atoms with E-state index in [-0.39, 0.29) is 4.99 Å². The highest BCUT2D eigenvalue weighted by molar-refractivity contribution is 7.80. The summed E-state index contributed by atoms with van der Waals surface area (Å²) in [7, 11) is 0. The summed E-state index contributed by atoms with van der Waals surface area (Å²) in [5.41, 5.74) is 5.60. The van der Waals surface area contributed by atoms with E-state index in [1.165, 1.54) is 0 Å². The maximum Gasteiger partial charge on any atom is 0.157 e. The first kappa shape index (κ1) is 15.1. The molecule has 0 aromatic carbocycles. The highest BCUT2D eigenvalue weighted by Crippen LogP contribution is 2.17. The van der Waals surface area contributed by atoms with E-state index in [0.29, 0.717) is 12.2 Å². The predicted molar refractivity (Wildman–Crippen MR) is 82.9 cm³/mol. The maximum atomic E-state index is 9.86. The van der Waals surface area contributed by atoms with E-state index < -0.39 is 5.60 Å². The summed E-state index contributed by atoms with van der Waals surface area (Å²) in [6.45, 7) is 7.72. The Balaban J connectivity index is 2.03. The Kier molecular flexibility index (Phi) is 4.52. The summed E-state index contributed by atoms with van der Waals surface area (Å²) in [4.78, 5) is 13.2. The monoisotopic (exact) mass is 295 g/mol. The number of hydrogen-bond acceptors (Lipinski definition) is 6. The number of hydrogen-bond donors (Lipinski definition) is 2. The van der Waals surface area contributed by atoms with Crippen molar-refractivity contribution in [1.82, 2.24) is 14.9 Å². The summed E-state index contributed by atoms with van der Waals surface area (Å²) in [6, 6.07) is 0. The van der Waals surface area contributed by atoms with Gasteiger partial charge in [-0.25, -0.2) is 9.97 Å². The Bertz CT molecular complexity index is 480. The maximum absolute atomic E-state index is 9.86. The topological polar surface area (TPSA) is 78.5 Å². The quantitative estimate of drug-likeness (QED) is 0.757. The van der Waals surface area contributed by atoms with Gasteiger partial charge in [-0.1, -0.05) is 12.2 Å². The van der Waals surface area contributed by atoms with Gasteiger partial charge in [0.15, 0.2) is 5.82 Å². The molecular weight excluding hydrogens is 274 g/mol. The normalized spacial score (nSPS) is 17.2. The van der Waals surface area contributed by atoms with Crippen molar-refractivity contribution in [3.8, 4) is 0 Å². The molecule has 20 heavy (non-hydrogen) atoms. The van der Waals surface area contributed by atoms with E-state index in [1.54, 1.807) is 12.4 Å². The van der Waals surface area contributed by atoms with Crippen LogP contribution in [-0.2, 0) is 0 Å². The molecule has 1 aromatic rings. The van der Waals surface area contributed by atoms with Gasteiger partial charge in [0.05, 0.1) is 5.60 Å². The van der Waals surface area contributed by atoms with Gasteiger partial charge in [-0.2, -0.15) is 0 Å². The smallest absolute Gasteiger partial charge is 0.157 e. The lowest BCUT2D eigenvalue weighted by Crippen LogP contribution is -2.51. The third kappa shape index (κ3) is 3.84. The van der Waals surface area contributed by atoms with Gasteiger partial charge in [-0.3, -0.25) is 4.90 Å². The lowest BCUT2D eigenvalue weighted by Gasteiger charge is -2.38. The summed E-state index contributed by atoms with van der Waals surface area (Å²) >= 11 is 5.02. The highest BCUT2D eigenvalue weighted by atomic mass is 32.1. The lowest BCUT2D eigenvalue weighted by atomic mass is 10.1. The summed E-state index contributed by atoms with van der Waals surface area (Å²) < 4.78 is 0. The molecular formula is C13H21N5OS. The molecule has 2 rings (SSSR count). The number of rotatable bonds is 4. The molecule has 1 aliphatic heterocycles. The first-order chi connectivity index (χ1) is 9.37. The van der Waals surface area contributed by atoms with Crippen LogP contribution in [0.3, 0.4) is 0 Å². The van der Waals surface area contributed by atoms with Crippen LogP contribution in [0.2, 0.25) is 0 Å². The van der Waals surface area contributed by atoms with Gasteiger partial charge in [0.1, 0.15) is 10.7 Å². The van der Waals surface area contributed by atoms with Crippen LogP contribution in [0.1, 0.15) is 19.5 Å². The van der Waals surface area contributed by atoms with Gasteiger partial charge in [0.2, 0.25) is 0 Å². The molecule has 0 radical (unpaired) electrons. The Morgan fingerprint density at radius 3 is 2.45 bits per heavy atom. The van der Waals surface area contributed by atoms with Crippen LogP contribution >= 0.6 is 12.2 Å². The summed E-state index contributed by atoms with van der Waals surface area (Å²) in [6.07, 6.45) is 3.25. The van der Waals surface area contributed by atoms with Gasteiger partial charge in [0, 0.05) is 45.1 Å². The Labute approximate surface area is 124 Å². The zero-order chi connectivity index (χ0) is 14.8. The number of anilines is 1. The van der Waals surface area contributed by atoms with Crippen molar-refractivity contribution in [2.24, 2.45) is 5.73 Å². The Morgan fingerprint density at radius 1 is 1.30 bits per heavy atom. The van der Waals surface area contributed by atoms with Gasteiger partial charge in [0.25, 0.3) is 0 Å². The molecule has 1 saturated heterocycles. The van der Waals surface area contributed by atoms with Gasteiger partial charge < -0.3 is 15.7 Å². The van der Waals surface area contributed by atoms with Crippen molar-refractivity contribution in [3.63, 3.8) is 0 Å². The van der Waals surface area contributed by atoms with Crippen LogP contribution in [0.5, 0.6) is 0 Å². The molecule has 0 atom stereocenters. The number of piperazine rings is 1. The van der Waals surface area contributed by atoms with E-state index in [0.717, 1.165) is 32.0 Å². The van der Waals surface area contributed by atoms with E-state index >= 15 is 0 Å². The standard InChI is InChI=1S/C13H21N5OS/c1-13(2,19)9-17-5-7-18(8-6-17)12-10(11(14)20)15-3-4-16-12/h3-4,19H,5-9H2,1-2H3,(H2,14,20). The third-order valence-electron chi connectivity index (χ3n) is 3.19. The van der Waals surface area contributed by atoms with Crippen LogP contribution in [0.4, 0.5) is 5.82 Å². The molecule has 3 N–H and O–H groups in total. The molecule has 0 aliphatic carbocycles. The molecule has 110 valence electrons. The minimum Gasteiger partial charge on any atom is -0.389 e. The molecule has 2 heterocycles. The van der Waals surface area contributed by atoms with Crippen molar-refractivity contribution in [2.75, 3.05) is 37.6 Å². The SMILES string of the molecule is CC(C)(O)CN1CCN(c2nccnc2C(N)=S)CC1. The second-order valence-electron chi connectivity index (χ2n) is 5.67. The number of nitrogens with two attached hydrogens (primary N) is 1. The van der Waals surface area contributed by atoms with E-state index in [9.17, 15) is 5.11 Å². The van der Waals surface area contributed by atoms with Crippen LogP contribution in [-0.4, -0.2) is 63.3 Å². The number of thiocarbonyl (C=S) groups is 1. The fourth-order valence-electron chi connectivity index (χ4n) is 2.40. The van der Waals surface area contributed by atoms with E-state index in [4.69, 9.17) is 18.0 Å². The summed E-state index contributed by atoms with van der Waals surface area (Å²) in [5, 5.41) is 9.86. The number of β-amino-alcohol motifs (C(OH)–C–C–N with tert-alkyl or cyclic N) is 1. The van der Waals surface area contributed by atoms with Gasteiger partial charge in [-0.05, 0) is 13.8 Å².